The SMILES string of the molecule is Cc1cccc(Cl)c1NC1CCCc2cc(O)ccc21. The van der Waals surface area contributed by atoms with Crippen molar-refractivity contribution in [3.8, 4) is 5.75 Å². The van der Waals surface area contributed by atoms with Crippen molar-refractivity contribution in [1.29, 1.82) is 0 Å². The van der Waals surface area contributed by atoms with E-state index < -0.39 is 0 Å². The van der Waals surface area contributed by atoms with E-state index in [4.69, 9.17) is 11.6 Å². The third-order valence-electron chi connectivity index (χ3n) is 3.98. The first kappa shape index (κ1) is 13.3. The molecule has 1 aliphatic carbocycles. The second kappa shape index (κ2) is 5.37. The van der Waals surface area contributed by atoms with E-state index in [1.807, 2.05) is 24.3 Å². The van der Waals surface area contributed by atoms with E-state index in [0.717, 1.165) is 35.5 Å². The predicted octanol–water partition coefficient (Wildman–Crippen LogP) is 4.84. The van der Waals surface area contributed by atoms with E-state index in [9.17, 15) is 5.11 Å². The molecule has 1 atom stereocenters. The van der Waals surface area contributed by atoms with Gasteiger partial charge in [0.05, 0.1) is 16.8 Å². The highest BCUT2D eigenvalue weighted by atomic mass is 35.5. The molecule has 104 valence electrons. The first-order valence-electron chi connectivity index (χ1n) is 6.98. The molecule has 20 heavy (non-hydrogen) atoms. The van der Waals surface area contributed by atoms with Crippen LogP contribution in [0.1, 0.15) is 35.6 Å². The number of halogens is 1. The van der Waals surface area contributed by atoms with Crippen LogP contribution in [-0.4, -0.2) is 5.11 Å². The van der Waals surface area contributed by atoms with Gasteiger partial charge in [0, 0.05) is 0 Å². The summed E-state index contributed by atoms with van der Waals surface area (Å²) in [6.07, 6.45) is 3.24. The molecule has 2 N–H and O–H groups in total. The van der Waals surface area contributed by atoms with Crippen LogP contribution in [-0.2, 0) is 6.42 Å². The van der Waals surface area contributed by atoms with Crippen molar-refractivity contribution in [2.75, 3.05) is 5.32 Å². The lowest BCUT2D eigenvalue weighted by molar-refractivity contribution is 0.472. The molecule has 2 aromatic carbocycles. The van der Waals surface area contributed by atoms with Gasteiger partial charge >= 0.3 is 0 Å². The lowest BCUT2D eigenvalue weighted by atomic mass is 9.87. The molecule has 1 unspecified atom stereocenters. The molecule has 2 nitrogen and oxygen atoms in total. The number of fused-ring (bicyclic) bond motifs is 1. The minimum Gasteiger partial charge on any atom is -0.508 e. The Hall–Kier alpha value is -1.67. The Balaban J connectivity index is 1.94. The lowest BCUT2D eigenvalue weighted by Crippen LogP contribution is -2.18. The van der Waals surface area contributed by atoms with Gasteiger partial charge in [0.25, 0.3) is 0 Å². The second-order valence-electron chi connectivity index (χ2n) is 5.40. The minimum atomic E-state index is 0.262. The number of aryl methyl sites for hydroxylation is 2. The van der Waals surface area contributed by atoms with Gasteiger partial charge in [-0.2, -0.15) is 0 Å². The molecule has 0 spiro atoms. The number of hydrogen-bond acceptors (Lipinski definition) is 2. The van der Waals surface area contributed by atoms with Crippen LogP contribution in [0.4, 0.5) is 5.69 Å². The fraction of sp³-hybridized carbons (Fsp3) is 0.294. The molecule has 0 bridgehead atoms. The van der Waals surface area contributed by atoms with Gasteiger partial charge in [0.2, 0.25) is 0 Å². The zero-order valence-corrected chi connectivity index (χ0v) is 12.2. The fourth-order valence-electron chi connectivity index (χ4n) is 2.94. The Morgan fingerprint density at radius 3 is 2.90 bits per heavy atom. The minimum absolute atomic E-state index is 0.262. The number of hydrogen-bond donors (Lipinski definition) is 2. The summed E-state index contributed by atoms with van der Waals surface area (Å²) >= 11 is 6.30. The van der Waals surface area contributed by atoms with Gasteiger partial charge in [-0.3, -0.25) is 0 Å². The molecular weight excluding hydrogens is 270 g/mol. The quantitative estimate of drug-likeness (QED) is 0.828. The van der Waals surface area contributed by atoms with E-state index >= 15 is 0 Å². The summed E-state index contributed by atoms with van der Waals surface area (Å²) in [5.41, 5.74) is 4.68. The van der Waals surface area contributed by atoms with Gasteiger partial charge < -0.3 is 10.4 Å². The maximum Gasteiger partial charge on any atom is 0.115 e. The first-order valence-corrected chi connectivity index (χ1v) is 7.36. The molecular formula is C17H18ClNO. The Kier molecular flexibility index (Phi) is 3.58. The van der Waals surface area contributed by atoms with Crippen LogP contribution in [0.15, 0.2) is 36.4 Å². The molecule has 0 saturated heterocycles. The standard InChI is InChI=1S/C17H18ClNO/c1-11-4-2-6-15(18)17(11)19-16-7-3-5-12-10-13(20)8-9-14(12)16/h2,4,6,8-10,16,19-20H,3,5,7H2,1H3. The van der Waals surface area contributed by atoms with Crippen LogP contribution in [0, 0.1) is 6.92 Å². The molecule has 1 aliphatic rings. The van der Waals surface area contributed by atoms with Crippen molar-refractivity contribution in [1.82, 2.24) is 0 Å². The molecule has 2 aromatic rings. The van der Waals surface area contributed by atoms with E-state index in [1.165, 1.54) is 11.1 Å². The number of rotatable bonds is 2. The third kappa shape index (κ3) is 2.48. The molecule has 0 heterocycles. The number of aromatic hydroxyl groups is 1. The average Bonchev–Trinajstić information content (AvgIpc) is 2.42. The first-order chi connectivity index (χ1) is 9.65. The number of para-hydroxylation sites is 1. The Labute approximate surface area is 124 Å². The van der Waals surface area contributed by atoms with Crippen LogP contribution in [0.25, 0.3) is 0 Å². The summed E-state index contributed by atoms with van der Waals surface area (Å²) in [5, 5.41) is 14.0. The fourth-order valence-corrected chi connectivity index (χ4v) is 3.22. The number of phenols is 1. The van der Waals surface area contributed by atoms with Crippen molar-refractivity contribution in [3.63, 3.8) is 0 Å². The van der Waals surface area contributed by atoms with E-state index in [-0.39, 0.29) is 6.04 Å². The number of anilines is 1. The van der Waals surface area contributed by atoms with Gasteiger partial charge in [-0.15, -0.1) is 0 Å². The highest BCUT2D eigenvalue weighted by Gasteiger charge is 2.21. The lowest BCUT2D eigenvalue weighted by Gasteiger charge is -2.28. The number of phenolic OH excluding ortho intramolecular Hbond substituents is 1. The van der Waals surface area contributed by atoms with Crippen molar-refractivity contribution in [2.45, 2.75) is 32.2 Å². The molecule has 0 saturated carbocycles. The Bertz CT molecular complexity index is 619. The monoisotopic (exact) mass is 287 g/mol. The van der Waals surface area contributed by atoms with Gasteiger partial charge in [0.1, 0.15) is 5.75 Å². The van der Waals surface area contributed by atoms with E-state index in [1.54, 1.807) is 6.07 Å². The van der Waals surface area contributed by atoms with Crippen molar-refractivity contribution in [2.24, 2.45) is 0 Å². The summed E-state index contributed by atoms with van der Waals surface area (Å²) in [7, 11) is 0. The molecule has 3 heteroatoms. The van der Waals surface area contributed by atoms with E-state index in [2.05, 4.69) is 18.3 Å². The number of benzene rings is 2. The maximum absolute atomic E-state index is 9.61. The molecule has 3 rings (SSSR count). The van der Waals surface area contributed by atoms with Gasteiger partial charge in [-0.25, -0.2) is 0 Å². The molecule has 0 radical (unpaired) electrons. The summed E-state index contributed by atoms with van der Waals surface area (Å²) in [6.45, 7) is 2.06. The summed E-state index contributed by atoms with van der Waals surface area (Å²) in [4.78, 5) is 0. The Morgan fingerprint density at radius 2 is 2.10 bits per heavy atom. The summed E-state index contributed by atoms with van der Waals surface area (Å²) in [6, 6.07) is 11.9. The predicted molar refractivity (Wildman–Crippen MR) is 83.6 cm³/mol. The van der Waals surface area contributed by atoms with Crippen LogP contribution >= 0.6 is 11.6 Å². The average molecular weight is 288 g/mol. The van der Waals surface area contributed by atoms with Crippen LogP contribution in [0.5, 0.6) is 5.75 Å². The smallest absolute Gasteiger partial charge is 0.115 e. The number of nitrogens with one attached hydrogen (secondary N) is 1. The normalized spacial score (nSPS) is 17.6. The molecule has 0 fully saturated rings. The third-order valence-corrected chi connectivity index (χ3v) is 4.30. The van der Waals surface area contributed by atoms with Gasteiger partial charge in [-0.05, 0) is 61.1 Å². The largest absolute Gasteiger partial charge is 0.508 e. The van der Waals surface area contributed by atoms with Crippen LogP contribution in [0.2, 0.25) is 5.02 Å². The molecule has 0 aliphatic heterocycles. The second-order valence-corrected chi connectivity index (χ2v) is 5.81. The van der Waals surface area contributed by atoms with Crippen molar-refractivity contribution in [3.05, 3.63) is 58.1 Å². The van der Waals surface area contributed by atoms with Gasteiger partial charge in [-0.1, -0.05) is 29.8 Å². The maximum atomic E-state index is 9.61. The molecule has 0 aromatic heterocycles. The van der Waals surface area contributed by atoms with Gasteiger partial charge in [0.15, 0.2) is 0 Å². The summed E-state index contributed by atoms with van der Waals surface area (Å²) in [5.74, 6) is 0.346. The Morgan fingerprint density at radius 1 is 1.25 bits per heavy atom. The molecule has 0 amide bonds. The van der Waals surface area contributed by atoms with Crippen molar-refractivity contribution >= 4 is 17.3 Å². The van der Waals surface area contributed by atoms with E-state index in [0.29, 0.717) is 5.75 Å². The van der Waals surface area contributed by atoms with Crippen molar-refractivity contribution < 1.29 is 5.11 Å². The topological polar surface area (TPSA) is 32.3 Å². The highest BCUT2D eigenvalue weighted by Crippen LogP contribution is 2.36. The van der Waals surface area contributed by atoms with Crippen LogP contribution in [0.3, 0.4) is 0 Å². The zero-order chi connectivity index (χ0) is 14.1. The van der Waals surface area contributed by atoms with Crippen LogP contribution < -0.4 is 5.32 Å². The highest BCUT2D eigenvalue weighted by molar-refractivity contribution is 6.33. The summed E-state index contributed by atoms with van der Waals surface area (Å²) < 4.78 is 0. The zero-order valence-electron chi connectivity index (χ0n) is 11.5.